The average Bonchev–Trinajstić information content (AvgIpc) is 2.58. The number of carbonyl (C=O) groups is 3. The second-order valence-corrected chi connectivity index (χ2v) is 8.83. The van der Waals surface area contributed by atoms with Gasteiger partial charge in [-0.3, -0.25) is 14.4 Å². The monoisotopic (exact) mass is 391 g/mol. The normalized spacial score (nSPS) is 11.8. The van der Waals surface area contributed by atoms with E-state index >= 15 is 0 Å². The molecule has 0 aromatic carbocycles. The SMILES string of the molecule is CCOC(=O)CCCCc1cc(N(C(=O)C(C)(C)C)C(=O)C(C)(C)C)ncn1. The molecule has 0 aliphatic heterocycles. The van der Waals surface area contributed by atoms with E-state index in [0.29, 0.717) is 25.9 Å². The van der Waals surface area contributed by atoms with Crippen LogP contribution in [0.1, 0.15) is 73.4 Å². The number of nitrogens with zero attached hydrogens (tertiary/aromatic N) is 3. The Bertz CT molecular complexity index is 676. The maximum absolute atomic E-state index is 13.0. The van der Waals surface area contributed by atoms with E-state index in [1.165, 1.54) is 11.2 Å². The number of aromatic nitrogens is 2. The maximum Gasteiger partial charge on any atom is 0.305 e. The Morgan fingerprint density at radius 1 is 0.964 bits per heavy atom. The number of esters is 1. The van der Waals surface area contributed by atoms with Crippen molar-refractivity contribution < 1.29 is 19.1 Å². The highest BCUT2D eigenvalue weighted by atomic mass is 16.5. The number of hydrogen-bond acceptors (Lipinski definition) is 6. The molecule has 7 nitrogen and oxygen atoms in total. The van der Waals surface area contributed by atoms with Crippen molar-refractivity contribution in [2.75, 3.05) is 11.5 Å². The summed E-state index contributed by atoms with van der Waals surface area (Å²) in [6.07, 6.45) is 3.79. The van der Waals surface area contributed by atoms with Crippen LogP contribution in [0.15, 0.2) is 12.4 Å². The molecule has 0 unspecified atom stereocenters. The van der Waals surface area contributed by atoms with Crippen LogP contribution in [-0.2, 0) is 25.5 Å². The van der Waals surface area contributed by atoms with Gasteiger partial charge in [0.1, 0.15) is 12.1 Å². The van der Waals surface area contributed by atoms with E-state index in [-0.39, 0.29) is 23.6 Å². The van der Waals surface area contributed by atoms with Crippen molar-refractivity contribution >= 4 is 23.6 Å². The molecule has 0 fully saturated rings. The van der Waals surface area contributed by atoms with Crippen LogP contribution in [0, 0.1) is 10.8 Å². The number of rotatable bonds is 7. The Hall–Kier alpha value is -2.31. The third-order valence-electron chi connectivity index (χ3n) is 4.00. The lowest BCUT2D eigenvalue weighted by atomic mass is 9.90. The van der Waals surface area contributed by atoms with Gasteiger partial charge in [0.05, 0.1) is 6.61 Å². The zero-order valence-electron chi connectivity index (χ0n) is 18.2. The minimum atomic E-state index is -0.730. The minimum Gasteiger partial charge on any atom is -0.466 e. The first kappa shape index (κ1) is 23.7. The van der Waals surface area contributed by atoms with Crippen LogP contribution >= 0.6 is 0 Å². The Balaban J connectivity index is 2.98. The summed E-state index contributed by atoms with van der Waals surface area (Å²) in [4.78, 5) is 46.9. The molecular weight excluding hydrogens is 358 g/mol. The van der Waals surface area contributed by atoms with Crippen molar-refractivity contribution in [3.8, 4) is 0 Å². The van der Waals surface area contributed by atoms with Gasteiger partial charge in [-0.2, -0.15) is 0 Å². The Labute approximate surface area is 167 Å². The maximum atomic E-state index is 13.0. The van der Waals surface area contributed by atoms with E-state index in [4.69, 9.17) is 4.74 Å². The van der Waals surface area contributed by atoms with E-state index < -0.39 is 10.8 Å². The molecule has 0 aliphatic rings. The second-order valence-electron chi connectivity index (χ2n) is 8.83. The summed E-state index contributed by atoms with van der Waals surface area (Å²) < 4.78 is 4.91. The molecule has 0 saturated heterocycles. The first-order chi connectivity index (χ1) is 12.9. The molecule has 0 N–H and O–H groups in total. The molecule has 0 aliphatic carbocycles. The third-order valence-corrected chi connectivity index (χ3v) is 4.00. The molecular formula is C21H33N3O4. The van der Waals surface area contributed by atoms with Crippen LogP contribution in [0.25, 0.3) is 0 Å². The van der Waals surface area contributed by atoms with Gasteiger partial charge in [-0.05, 0) is 26.2 Å². The van der Waals surface area contributed by atoms with E-state index in [1.807, 2.05) is 0 Å². The van der Waals surface area contributed by atoms with E-state index in [1.54, 1.807) is 54.5 Å². The fourth-order valence-electron chi connectivity index (χ4n) is 2.42. The van der Waals surface area contributed by atoms with Gasteiger partial charge >= 0.3 is 5.97 Å². The standard InChI is InChI=1S/C21H33N3O4/c1-8-28-17(25)12-10-9-11-15-13-16(23-14-22-15)24(18(26)20(2,3)4)19(27)21(5,6)7/h13-14H,8-12H2,1-7H3. The van der Waals surface area contributed by atoms with Crippen LogP contribution in [0.4, 0.5) is 5.82 Å². The number of anilines is 1. The van der Waals surface area contributed by atoms with Crippen LogP contribution in [0.2, 0.25) is 0 Å². The van der Waals surface area contributed by atoms with Gasteiger partial charge in [-0.1, -0.05) is 41.5 Å². The third kappa shape index (κ3) is 7.02. The largest absolute Gasteiger partial charge is 0.466 e. The molecule has 0 bridgehead atoms. The topological polar surface area (TPSA) is 89.5 Å². The molecule has 1 rings (SSSR count). The van der Waals surface area contributed by atoms with Gasteiger partial charge in [0, 0.05) is 29.0 Å². The van der Waals surface area contributed by atoms with Crippen molar-refractivity contribution in [1.82, 2.24) is 9.97 Å². The molecule has 28 heavy (non-hydrogen) atoms. The predicted molar refractivity (Wildman–Crippen MR) is 108 cm³/mol. The minimum absolute atomic E-state index is 0.205. The van der Waals surface area contributed by atoms with Crippen molar-refractivity contribution in [3.63, 3.8) is 0 Å². The van der Waals surface area contributed by atoms with Gasteiger partial charge in [0.2, 0.25) is 11.8 Å². The zero-order valence-corrected chi connectivity index (χ0v) is 18.2. The Morgan fingerprint density at radius 3 is 2.04 bits per heavy atom. The lowest BCUT2D eigenvalue weighted by Crippen LogP contribution is -2.48. The molecule has 0 saturated carbocycles. The van der Waals surface area contributed by atoms with Crippen LogP contribution in [-0.4, -0.2) is 34.4 Å². The fourth-order valence-corrected chi connectivity index (χ4v) is 2.42. The first-order valence-electron chi connectivity index (χ1n) is 9.73. The van der Waals surface area contributed by atoms with Gasteiger partial charge in [-0.25, -0.2) is 14.9 Å². The number of imide groups is 1. The lowest BCUT2D eigenvalue weighted by Gasteiger charge is -2.31. The summed E-state index contributed by atoms with van der Waals surface area (Å²) in [7, 11) is 0. The van der Waals surface area contributed by atoms with E-state index in [0.717, 1.165) is 12.1 Å². The van der Waals surface area contributed by atoms with E-state index in [9.17, 15) is 14.4 Å². The molecule has 7 heteroatoms. The van der Waals surface area contributed by atoms with Crippen LogP contribution in [0.5, 0.6) is 0 Å². The summed E-state index contributed by atoms with van der Waals surface area (Å²) in [5.74, 6) is -0.530. The predicted octanol–water partition coefficient (Wildman–Crippen LogP) is 3.70. The van der Waals surface area contributed by atoms with Gasteiger partial charge in [0.25, 0.3) is 0 Å². The number of carbonyl (C=O) groups excluding carboxylic acids is 3. The van der Waals surface area contributed by atoms with Gasteiger partial charge in [0.15, 0.2) is 0 Å². The molecule has 0 radical (unpaired) electrons. The van der Waals surface area contributed by atoms with Crippen LogP contribution in [0.3, 0.4) is 0 Å². The number of ether oxygens (including phenoxy) is 1. The van der Waals surface area contributed by atoms with Crippen LogP contribution < -0.4 is 4.90 Å². The number of hydrogen-bond donors (Lipinski definition) is 0. The summed E-state index contributed by atoms with van der Waals surface area (Å²) in [6.45, 7) is 12.8. The Morgan fingerprint density at radius 2 is 1.54 bits per heavy atom. The van der Waals surface area contributed by atoms with Crippen molar-refractivity contribution in [3.05, 3.63) is 18.1 Å². The second kappa shape index (κ2) is 9.75. The van der Waals surface area contributed by atoms with Gasteiger partial charge < -0.3 is 4.74 Å². The summed E-state index contributed by atoms with van der Waals surface area (Å²) in [5, 5.41) is 0. The van der Waals surface area contributed by atoms with Gasteiger partial charge in [-0.15, -0.1) is 0 Å². The number of unbranched alkanes of at least 4 members (excludes halogenated alkanes) is 1. The Kier molecular flexibility index (Phi) is 8.27. The lowest BCUT2D eigenvalue weighted by molar-refractivity contribution is -0.143. The molecule has 1 heterocycles. The molecule has 1 aromatic heterocycles. The fraction of sp³-hybridized carbons (Fsp3) is 0.667. The van der Waals surface area contributed by atoms with E-state index in [2.05, 4.69) is 9.97 Å². The highest BCUT2D eigenvalue weighted by molar-refractivity contribution is 6.17. The molecule has 2 amide bonds. The van der Waals surface area contributed by atoms with Crippen molar-refractivity contribution in [2.45, 2.75) is 74.1 Å². The first-order valence-corrected chi connectivity index (χ1v) is 9.73. The average molecular weight is 392 g/mol. The summed E-state index contributed by atoms with van der Waals surface area (Å²) >= 11 is 0. The molecule has 156 valence electrons. The summed E-state index contributed by atoms with van der Waals surface area (Å²) in [5.41, 5.74) is -0.737. The van der Waals surface area contributed by atoms with Crippen molar-refractivity contribution in [1.29, 1.82) is 0 Å². The smallest absolute Gasteiger partial charge is 0.305 e. The highest BCUT2D eigenvalue weighted by Gasteiger charge is 2.38. The highest BCUT2D eigenvalue weighted by Crippen LogP contribution is 2.28. The molecule has 0 atom stereocenters. The quantitative estimate of drug-likeness (QED) is 0.520. The molecule has 0 spiro atoms. The zero-order chi connectivity index (χ0) is 21.5. The number of aryl methyl sites for hydroxylation is 1. The van der Waals surface area contributed by atoms with Crippen molar-refractivity contribution in [2.24, 2.45) is 10.8 Å². The number of amides is 2. The summed E-state index contributed by atoms with van der Waals surface area (Å²) in [6, 6.07) is 1.68. The molecule has 1 aromatic rings.